The summed E-state index contributed by atoms with van der Waals surface area (Å²) in [6.07, 6.45) is 8.45. The first-order valence-electron chi connectivity index (χ1n) is 13.8. The monoisotopic (exact) mass is 501 g/mol. The largest absolute Gasteiger partial charge is 0.490 e. The lowest BCUT2D eigenvalue weighted by Gasteiger charge is -2.48. The molecule has 0 aromatic heterocycles. The third kappa shape index (κ3) is 3.53. The first kappa shape index (κ1) is 24.7. The zero-order valence-electron chi connectivity index (χ0n) is 22.6. The van der Waals surface area contributed by atoms with E-state index in [1.165, 1.54) is 5.57 Å². The highest BCUT2D eigenvalue weighted by molar-refractivity contribution is 6.22. The smallest absolute Gasteiger partial charge is 0.257 e. The van der Waals surface area contributed by atoms with Gasteiger partial charge in [-0.15, -0.1) is 6.58 Å². The lowest BCUT2D eigenvalue weighted by atomic mass is 9.55. The molecule has 0 radical (unpaired) electrons. The fourth-order valence-corrected chi connectivity index (χ4v) is 9.40. The van der Waals surface area contributed by atoms with E-state index in [2.05, 4.69) is 45.7 Å². The van der Waals surface area contributed by atoms with E-state index in [4.69, 9.17) is 9.47 Å². The number of amides is 1. The van der Waals surface area contributed by atoms with E-state index in [1.807, 2.05) is 30.3 Å². The van der Waals surface area contributed by atoms with Crippen LogP contribution >= 0.6 is 0 Å². The lowest BCUT2D eigenvalue weighted by molar-refractivity contribution is -0.128. The molecule has 0 saturated heterocycles. The number of allylic oxidation sites excluding steroid dienone is 3. The molecular formula is C32H39NO4. The van der Waals surface area contributed by atoms with Gasteiger partial charge in [0.25, 0.3) is 5.91 Å². The molecule has 1 N–H and O–H groups in total. The number of hydrogen-bond acceptors (Lipinski definition) is 4. The molecule has 1 amide bonds. The Hall–Kier alpha value is -2.66. The number of hydrogen-bond donors (Lipinski definition) is 1. The molecule has 3 aliphatic heterocycles. The van der Waals surface area contributed by atoms with Crippen LogP contribution in [0.1, 0.15) is 46.1 Å². The third-order valence-corrected chi connectivity index (χ3v) is 10.4. The highest BCUT2D eigenvalue weighted by Crippen LogP contribution is 2.67. The van der Waals surface area contributed by atoms with Crippen LogP contribution in [-0.2, 0) is 20.7 Å². The van der Waals surface area contributed by atoms with E-state index >= 15 is 0 Å². The Morgan fingerprint density at radius 1 is 1.19 bits per heavy atom. The van der Waals surface area contributed by atoms with Gasteiger partial charge in [0.2, 0.25) is 0 Å². The van der Waals surface area contributed by atoms with Gasteiger partial charge in [0.15, 0.2) is 11.5 Å². The van der Waals surface area contributed by atoms with Gasteiger partial charge in [0, 0.05) is 37.2 Å². The van der Waals surface area contributed by atoms with Gasteiger partial charge in [-0.2, -0.15) is 0 Å². The van der Waals surface area contributed by atoms with E-state index in [9.17, 15) is 9.59 Å². The molecule has 3 heterocycles. The van der Waals surface area contributed by atoms with Crippen molar-refractivity contribution in [3.63, 3.8) is 0 Å². The zero-order valence-corrected chi connectivity index (χ0v) is 22.6. The van der Waals surface area contributed by atoms with Crippen molar-refractivity contribution in [1.82, 2.24) is 5.32 Å². The summed E-state index contributed by atoms with van der Waals surface area (Å²) < 4.78 is 12.8. The number of carbonyl (C=O) groups is 2. The molecule has 1 aromatic carbocycles. The molecule has 0 spiro atoms. The minimum atomic E-state index is -1.04. The normalized spacial score (nSPS) is 44.2. The topological polar surface area (TPSA) is 64.6 Å². The van der Waals surface area contributed by atoms with Crippen LogP contribution in [0.5, 0.6) is 5.75 Å². The molecule has 5 nitrogen and oxygen atoms in total. The van der Waals surface area contributed by atoms with Crippen LogP contribution < -0.4 is 10.1 Å². The zero-order chi connectivity index (χ0) is 26.3. The number of fused-ring (bicyclic) bond motifs is 4. The van der Waals surface area contributed by atoms with Gasteiger partial charge in [-0.3, -0.25) is 9.59 Å². The lowest BCUT2D eigenvalue weighted by Crippen LogP contribution is -2.47. The molecule has 5 heteroatoms. The molecule has 2 fully saturated rings. The summed E-state index contributed by atoms with van der Waals surface area (Å²) in [4.78, 5) is 27.8. The first-order chi connectivity index (χ1) is 17.6. The number of nitrogens with one attached hydrogen (secondary N) is 1. The van der Waals surface area contributed by atoms with Gasteiger partial charge in [-0.05, 0) is 66.7 Å². The summed E-state index contributed by atoms with van der Waals surface area (Å²) in [5.74, 6) is 1.37. The van der Waals surface area contributed by atoms with Gasteiger partial charge in [0.1, 0.15) is 11.9 Å². The van der Waals surface area contributed by atoms with E-state index in [1.54, 1.807) is 13.2 Å². The number of ketones is 1. The Labute approximate surface area is 220 Å². The second kappa shape index (κ2) is 8.42. The third-order valence-electron chi connectivity index (χ3n) is 10.4. The first-order valence-corrected chi connectivity index (χ1v) is 13.8. The van der Waals surface area contributed by atoms with E-state index < -0.39 is 11.6 Å². The van der Waals surface area contributed by atoms with Crippen molar-refractivity contribution < 1.29 is 19.1 Å². The van der Waals surface area contributed by atoms with Gasteiger partial charge >= 0.3 is 0 Å². The number of benzene rings is 1. The van der Waals surface area contributed by atoms with Crippen LogP contribution in [0.25, 0.3) is 0 Å². The number of methoxy groups -OCH3 is 1. The fourth-order valence-electron chi connectivity index (χ4n) is 9.40. The molecule has 3 aliphatic carbocycles. The van der Waals surface area contributed by atoms with Crippen LogP contribution in [0.15, 0.2) is 60.2 Å². The van der Waals surface area contributed by atoms with Crippen LogP contribution in [0.3, 0.4) is 0 Å². The highest BCUT2D eigenvalue weighted by atomic mass is 16.5. The molecule has 2 saturated carbocycles. The second-order valence-electron chi connectivity index (χ2n) is 12.7. The SMILES string of the molecule is C=CC1C=C(C)C2C3C(Oc4ccc(cc4)CC4(OC)C=C(C(=O)N4)C(=O)C13)C1C(C)CC(C)CC21C. The molecular weight excluding hydrogens is 462 g/mol. The predicted molar refractivity (Wildman–Crippen MR) is 143 cm³/mol. The van der Waals surface area contributed by atoms with Crippen molar-refractivity contribution in [3.05, 3.63) is 65.8 Å². The Morgan fingerprint density at radius 3 is 2.59 bits per heavy atom. The molecule has 4 bridgehead atoms. The van der Waals surface area contributed by atoms with E-state index in [0.717, 1.165) is 24.2 Å². The van der Waals surface area contributed by atoms with Crippen LogP contribution in [0.2, 0.25) is 0 Å². The molecule has 7 rings (SSSR count). The Balaban J connectivity index is 1.59. The maximum Gasteiger partial charge on any atom is 0.257 e. The summed E-state index contributed by atoms with van der Waals surface area (Å²) in [5, 5.41) is 2.99. The maximum absolute atomic E-state index is 14.5. The van der Waals surface area contributed by atoms with Crippen molar-refractivity contribution in [1.29, 1.82) is 0 Å². The van der Waals surface area contributed by atoms with E-state index in [-0.39, 0.29) is 46.5 Å². The summed E-state index contributed by atoms with van der Waals surface area (Å²) in [7, 11) is 1.58. The second-order valence-corrected chi connectivity index (χ2v) is 12.7. The molecule has 10 unspecified atom stereocenters. The van der Waals surface area contributed by atoms with Crippen molar-refractivity contribution in [2.45, 2.75) is 58.8 Å². The quantitative estimate of drug-likeness (QED) is 0.443. The van der Waals surface area contributed by atoms with Gasteiger partial charge in [-0.25, -0.2) is 0 Å². The molecule has 37 heavy (non-hydrogen) atoms. The molecule has 1 aromatic rings. The van der Waals surface area contributed by atoms with Crippen LogP contribution in [0.4, 0.5) is 0 Å². The van der Waals surface area contributed by atoms with Crippen LogP contribution in [0, 0.1) is 46.8 Å². The Kier molecular flexibility index (Phi) is 5.61. The minimum absolute atomic E-state index is 0.0112. The molecule has 196 valence electrons. The number of ether oxygens (including phenoxy) is 2. The van der Waals surface area contributed by atoms with Crippen LogP contribution in [-0.4, -0.2) is 30.6 Å². The average molecular weight is 502 g/mol. The van der Waals surface area contributed by atoms with E-state index in [0.29, 0.717) is 24.2 Å². The summed E-state index contributed by atoms with van der Waals surface area (Å²) >= 11 is 0. The standard InChI is InChI=1S/C32H39NO4/c1-7-21-13-19(4)26-25-24(21)28(34)23-16-32(36-6,33-30(23)35)15-20-8-10-22(11-9-20)37-29(25)27-18(3)12-17(2)14-31(26,27)5/h7-11,13,16-18,21,24-27,29H,1,12,14-15H2,2-6H3,(H,33,35). The Morgan fingerprint density at radius 2 is 1.92 bits per heavy atom. The maximum atomic E-state index is 14.5. The van der Waals surface area contributed by atoms with Crippen molar-refractivity contribution in [3.8, 4) is 5.75 Å². The summed E-state index contributed by atoms with van der Waals surface area (Å²) in [6, 6.07) is 8.15. The average Bonchev–Trinajstić information content (AvgIpc) is 3.31. The number of carbonyl (C=O) groups excluding carboxylic acids is 2. The minimum Gasteiger partial charge on any atom is -0.490 e. The molecule has 10 atom stereocenters. The van der Waals surface area contributed by atoms with Crippen molar-refractivity contribution in [2.24, 2.45) is 46.8 Å². The number of Topliss-reactive ketones (excluding diaryl/α,β-unsaturated/α-hetero) is 1. The predicted octanol–water partition coefficient (Wildman–Crippen LogP) is 5.27. The fraction of sp³-hybridized carbons (Fsp3) is 0.562. The van der Waals surface area contributed by atoms with Gasteiger partial charge in [0.05, 0.1) is 5.57 Å². The van der Waals surface area contributed by atoms with Crippen molar-refractivity contribution in [2.75, 3.05) is 7.11 Å². The van der Waals surface area contributed by atoms with Gasteiger partial charge < -0.3 is 14.8 Å². The summed E-state index contributed by atoms with van der Waals surface area (Å²) in [5.41, 5.74) is 1.51. The van der Waals surface area contributed by atoms with Gasteiger partial charge in [-0.1, -0.05) is 50.6 Å². The Bertz CT molecular complexity index is 1210. The molecule has 6 aliphatic rings. The van der Waals surface area contributed by atoms with Crippen molar-refractivity contribution >= 4 is 11.7 Å². The summed E-state index contributed by atoms with van der Waals surface area (Å²) in [6.45, 7) is 13.5. The highest BCUT2D eigenvalue weighted by Gasteiger charge is 2.66. The number of rotatable bonds is 2.